The van der Waals surface area contributed by atoms with E-state index in [0.29, 0.717) is 6.54 Å². The van der Waals surface area contributed by atoms with Crippen LogP contribution in [0.3, 0.4) is 0 Å². The fourth-order valence-corrected chi connectivity index (χ4v) is 4.37. The van der Waals surface area contributed by atoms with Crippen LogP contribution in [0, 0.1) is 0 Å². The molecular weight excluding hydrogens is 392 g/mol. The molecule has 2 aliphatic heterocycles. The quantitative estimate of drug-likeness (QED) is 0.589. The molecule has 0 radical (unpaired) electrons. The minimum Gasteiger partial charge on any atom is -0.314 e. The Bertz CT molecular complexity index is 1070. The molecule has 0 spiro atoms. The summed E-state index contributed by atoms with van der Waals surface area (Å²) in [4.78, 5) is 21.3. The van der Waals surface area contributed by atoms with E-state index in [-0.39, 0.29) is 5.56 Å². The fraction of sp³-hybridized carbons (Fsp3) is 0.500. The number of rotatable bonds is 6. The molecule has 5 heterocycles. The van der Waals surface area contributed by atoms with E-state index >= 15 is 0 Å². The molecule has 3 aromatic heterocycles. The van der Waals surface area contributed by atoms with Crippen LogP contribution in [0.5, 0.6) is 0 Å². The van der Waals surface area contributed by atoms with Gasteiger partial charge < -0.3 is 4.57 Å². The second kappa shape index (κ2) is 9.07. The number of fused-ring (bicyclic) bond motifs is 1. The molecule has 5 rings (SSSR count). The third kappa shape index (κ3) is 4.57. The van der Waals surface area contributed by atoms with Crippen LogP contribution < -0.4 is 5.56 Å². The summed E-state index contributed by atoms with van der Waals surface area (Å²) in [5, 5.41) is 13.3. The number of aromatic nitrogens is 6. The average molecular weight is 421 g/mol. The van der Waals surface area contributed by atoms with Crippen LogP contribution in [0.4, 0.5) is 0 Å². The van der Waals surface area contributed by atoms with Crippen molar-refractivity contribution < 1.29 is 0 Å². The van der Waals surface area contributed by atoms with Crippen LogP contribution in [0.15, 0.2) is 41.5 Å². The monoisotopic (exact) mass is 420 g/mol. The molecule has 1 fully saturated rings. The van der Waals surface area contributed by atoms with E-state index in [1.54, 1.807) is 29.2 Å². The molecule has 31 heavy (non-hydrogen) atoms. The summed E-state index contributed by atoms with van der Waals surface area (Å²) in [5.41, 5.74) is 1.62. The van der Waals surface area contributed by atoms with Crippen LogP contribution in [-0.4, -0.2) is 72.1 Å². The van der Waals surface area contributed by atoms with Crippen molar-refractivity contribution in [2.45, 2.75) is 38.9 Å². The number of aryl methyl sites for hydroxylation is 1. The summed E-state index contributed by atoms with van der Waals surface area (Å²) >= 11 is 0. The van der Waals surface area contributed by atoms with Crippen molar-refractivity contribution in [1.29, 1.82) is 0 Å². The maximum absolute atomic E-state index is 12.3. The van der Waals surface area contributed by atoms with E-state index in [0.717, 1.165) is 75.1 Å². The number of piperazine rings is 1. The second-order valence-electron chi connectivity index (χ2n) is 8.28. The van der Waals surface area contributed by atoms with Crippen molar-refractivity contribution in [1.82, 2.24) is 39.3 Å². The molecule has 1 saturated heterocycles. The molecule has 9 heteroatoms. The third-order valence-corrected chi connectivity index (χ3v) is 6.22. The number of hydrogen-bond donors (Lipinski definition) is 0. The summed E-state index contributed by atoms with van der Waals surface area (Å²) < 4.78 is 3.88. The van der Waals surface area contributed by atoms with Gasteiger partial charge in [0.15, 0.2) is 0 Å². The third-order valence-electron chi connectivity index (χ3n) is 6.22. The van der Waals surface area contributed by atoms with E-state index in [4.69, 9.17) is 0 Å². The molecule has 2 aliphatic rings. The molecule has 162 valence electrons. The molecule has 0 unspecified atom stereocenters. The van der Waals surface area contributed by atoms with Gasteiger partial charge in [0.05, 0.1) is 18.8 Å². The topological polar surface area (TPSA) is 85.0 Å². The summed E-state index contributed by atoms with van der Waals surface area (Å²) in [6.45, 7) is 7.30. The van der Waals surface area contributed by atoms with E-state index in [9.17, 15) is 4.79 Å². The molecule has 0 aliphatic carbocycles. The van der Waals surface area contributed by atoms with Crippen molar-refractivity contribution >= 4 is 0 Å². The minimum absolute atomic E-state index is 0.0668. The smallest absolute Gasteiger partial charge is 0.266 e. The first kappa shape index (κ1) is 20.0. The first-order chi connectivity index (χ1) is 15.3. The molecule has 0 aromatic carbocycles. The zero-order valence-electron chi connectivity index (χ0n) is 17.7. The van der Waals surface area contributed by atoms with Gasteiger partial charge in [0.1, 0.15) is 11.6 Å². The van der Waals surface area contributed by atoms with E-state index in [2.05, 4.69) is 34.6 Å². The fourth-order valence-electron chi connectivity index (χ4n) is 4.37. The standard InChI is InChI=1S/C22H28N8O/c31-22-7-6-19(18-4-3-8-23-16-18)26-30(22)15-14-27-10-12-28(13-11-27)17-21-25-24-20-5-1-2-9-29(20)21/h3-4,6-8,16H,1-2,5,9-15,17H2. The molecule has 0 N–H and O–H groups in total. The Morgan fingerprint density at radius 2 is 1.77 bits per heavy atom. The number of hydrogen-bond acceptors (Lipinski definition) is 7. The van der Waals surface area contributed by atoms with Gasteiger partial charge >= 0.3 is 0 Å². The van der Waals surface area contributed by atoms with Crippen LogP contribution in [0.25, 0.3) is 11.3 Å². The Kier molecular flexibility index (Phi) is 5.86. The molecular formula is C22H28N8O. The Labute approximate surface area is 181 Å². The van der Waals surface area contributed by atoms with Gasteiger partial charge in [-0.1, -0.05) is 0 Å². The number of nitrogens with zero attached hydrogens (tertiary/aromatic N) is 8. The van der Waals surface area contributed by atoms with Crippen LogP contribution in [0.1, 0.15) is 24.5 Å². The summed E-state index contributed by atoms with van der Waals surface area (Å²) in [6.07, 6.45) is 7.00. The highest BCUT2D eigenvalue weighted by atomic mass is 16.1. The molecule has 3 aromatic rings. The number of pyridine rings is 1. The molecule has 0 saturated carbocycles. The highest BCUT2D eigenvalue weighted by Gasteiger charge is 2.21. The molecule has 9 nitrogen and oxygen atoms in total. The van der Waals surface area contributed by atoms with Gasteiger partial charge in [0, 0.05) is 69.7 Å². The van der Waals surface area contributed by atoms with Crippen molar-refractivity contribution in [2.24, 2.45) is 0 Å². The Hall–Kier alpha value is -2.91. The summed E-state index contributed by atoms with van der Waals surface area (Å²) in [7, 11) is 0. The zero-order valence-corrected chi connectivity index (χ0v) is 17.7. The Morgan fingerprint density at radius 3 is 2.61 bits per heavy atom. The van der Waals surface area contributed by atoms with Crippen molar-refractivity contribution in [2.75, 3.05) is 32.7 Å². The predicted octanol–water partition coefficient (Wildman–Crippen LogP) is 1.05. The minimum atomic E-state index is -0.0668. The van der Waals surface area contributed by atoms with E-state index in [1.807, 2.05) is 12.1 Å². The van der Waals surface area contributed by atoms with Crippen molar-refractivity contribution in [3.63, 3.8) is 0 Å². The van der Waals surface area contributed by atoms with Gasteiger partial charge in [-0.05, 0) is 31.0 Å². The van der Waals surface area contributed by atoms with Gasteiger partial charge in [-0.3, -0.25) is 19.6 Å². The Morgan fingerprint density at radius 1 is 0.903 bits per heavy atom. The molecule has 0 bridgehead atoms. The lowest BCUT2D eigenvalue weighted by Crippen LogP contribution is -2.47. The van der Waals surface area contributed by atoms with Gasteiger partial charge in [-0.15, -0.1) is 10.2 Å². The first-order valence-corrected chi connectivity index (χ1v) is 11.1. The van der Waals surface area contributed by atoms with Crippen molar-refractivity contribution in [3.8, 4) is 11.3 Å². The lowest BCUT2D eigenvalue weighted by atomic mass is 10.1. The highest BCUT2D eigenvalue weighted by Crippen LogP contribution is 2.16. The average Bonchev–Trinajstić information content (AvgIpc) is 3.23. The zero-order chi connectivity index (χ0) is 21.0. The lowest BCUT2D eigenvalue weighted by molar-refractivity contribution is 0.119. The molecule has 0 atom stereocenters. The van der Waals surface area contributed by atoms with E-state index in [1.165, 1.54) is 12.8 Å². The normalized spacial score (nSPS) is 17.5. The predicted molar refractivity (Wildman–Crippen MR) is 116 cm³/mol. The van der Waals surface area contributed by atoms with Gasteiger partial charge in [0.25, 0.3) is 5.56 Å². The van der Waals surface area contributed by atoms with Gasteiger partial charge in [0.2, 0.25) is 0 Å². The van der Waals surface area contributed by atoms with Crippen LogP contribution in [0.2, 0.25) is 0 Å². The van der Waals surface area contributed by atoms with Crippen LogP contribution in [-0.2, 0) is 26.1 Å². The molecule has 0 amide bonds. The highest BCUT2D eigenvalue weighted by molar-refractivity contribution is 5.56. The largest absolute Gasteiger partial charge is 0.314 e. The van der Waals surface area contributed by atoms with E-state index < -0.39 is 0 Å². The summed E-state index contributed by atoms with van der Waals surface area (Å²) in [5.74, 6) is 2.25. The van der Waals surface area contributed by atoms with Crippen molar-refractivity contribution in [3.05, 3.63) is 58.7 Å². The van der Waals surface area contributed by atoms with Gasteiger partial charge in [-0.2, -0.15) is 5.10 Å². The maximum Gasteiger partial charge on any atom is 0.266 e. The Balaban J connectivity index is 1.15. The summed E-state index contributed by atoms with van der Waals surface area (Å²) in [6, 6.07) is 7.18. The van der Waals surface area contributed by atoms with Gasteiger partial charge in [-0.25, -0.2) is 4.68 Å². The van der Waals surface area contributed by atoms with Crippen LogP contribution >= 0.6 is 0 Å². The maximum atomic E-state index is 12.3. The lowest BCUT2D eigenvalue weighted by Gasteiger charge is -2.34. The first-order valence-electron chi connectivity index (χ1n) is 11.1. The SMILES string of the molecule is O=c1ccc(-c2cccnc2)nn1CCN1CCN(Cc2nnc3n2CCCC3)CC1. The second-order valence-corrected chi connectivity index (χ2v) is 8.28.